The highest BCUT2D eigenvalue weighted by atomic mass is 35.5. The first-order chi connectivity index (χ1) is 22.7. The number of benzene rings is 2. The van der Waals surface area contributed by atoms with Crippen molar-refractivity contribution in [2.45, 2.75) is 94.0 Å². The van der Waals surface area contributed by atoms with Crippen molar-refractivity contribution in [3.63, 3.8) is 0 Å². The van der Waals surface area contributed by atoms with E-state index in [1.54, 1.807) is 6.07 Å². The molecule has 2 aromatic rings. The number of hydrogen-bond donors (Lipinski definition) is 1. The third-order valence-electron chi connectivity index (χ3n) is 11.3. The van der Waals surface area contributed by atoms with Gasteiger partial charge in [0, 0.05) is 35.7 Å². The topological polar surface area (TPSA) is 94.2 Å². The molecule has 1 N–H and O–H groups in total. The summed E-state index contributed by atoms with van der Waals surface area (Å²) in [5.41, 5.74) is 3.47. The van der Waals surface area contributed by atoms with E-state index in [-0.39, 0.29) is 17.6 Å². The summed E-state index contributed by atoms with van der Waals surface area (Å²) in [6.07, 6.45) is 13.0. The monoisotopic (exact) mass is 682 g/mol. The van der Waals surface area contributed by atoms with Gasteiger partial charge in [0.2, 0.25) is 10.0 Å². The Morgan fingerprint density at radius 1 is 1.11 bits per heavy atom. The van der Waals surface area contributed by atoms with Crippen molar-refractivity contribution < 1.29 is 27.4 Å². The number of carbonyl (C=O) groups excluding carboxylic acids is 1. The predicted molar refractivity (Wildman–Crippen MR) is 184 cm³/mol. The maximum Gasteiger partial charge on any atom is 0.264 e. The van der Waals surface area contributed by atoms with Crippen molar-refractivity contribution in [2.24, 2.45) is 11.8 Å². The molecule has 1 amide bonds. The van der Waals surface area contributed by atoms with E-state index in [0.717, 1.165) is 81.1 Å². The Kier molecular flexibility index (Phi) is 9.62. The molecule has 1 saturated carbocycles. The summed E-state index contributed by atoms with van der Waals surface area (Å²) in [6.45, 7) is 5.26. The van der Waals surface area contributed by atoms with Crippen LogP contribution in [0.25, 0.3) is 0 Å². The molecule has 254 valence electrons. The number of carbonyl (C=O) groups is 1. The third kappa shape index (κ3) is 6.83. The van der Waals surface area contributed by atoms with Gasteiger partial charge in [-0.2, -0.15) is 0 Å². The zero-order valence-corrected chi connectivity index (χ0v) is 28.9. The molecule has 8 nitrogen and oxygen atoms in total. The molecule has 1 spiro atoms. The maximum atomic E-state index is 13.5. The zero-order chi connectivity index (χ0) is 32.6. The van der Waals surface area contributed by atoms with E-state index in [1.807, 2.05) is 25.1 Å². The van der Waals surface area contributed by atoms with Gasteiger partial charge in [-0.25, -0.2) is 13.1 Å². The average Bonchev–Trinajstić information content (AvgIpc) is 3.51. The van der Waals surface area contributed by atoms with Crippen LogP contribution in [0, 0.1) is 11.8 Å². The highest BCUT2D eigenvalue weighted by molar-refractivity contribution is 7.90. The number of aryl methyl sites for hydroxylation is 1. The van der Waals surface area contributed by atoms with E-state index in [4.69, 9.17) is 25.8 Å². The lowest BCUT2D eigenvalue weighted by molar-refractivity contribution is -0.0532. The van der Waals surface area contributed by atoms with E-state index in [9.17, 15) is 13.2 Å². The quantitative estimate of drug-likeness (QED) is 0.364. The molecule has 2 aromatic carbocycles. The normalized spacial score (nSPS) is 32.7. The van der Waals surface area contributed by atoms with Crippen LogP contribution in [0.1, 0.15) is 86.2 Å². The van der Waals surface area contributed by atoms with Gasteiger partial charge in [-0.3, -0.25) is 4.79 Å². The number of rotatable bonds is 4. The van der Waals surface area contributed by atoms with E-state index < -0.39 is 21.2 Å². The Bertz CT molecular complexity index is 1610. The second-order valence-corrected chi connectivity index (χ2v) is 16.6. The van der Waals surface area contributed by atoms with Crippen LogP contribution >= 0.6 is 11.6 Å². The second-order valence-electron chi connectivity index (χ2n) is 14.2. The number of nitrogens with one attached hydrogen (secondary N) is 1. The van der Waals surface area contributed by atoms with Crippen molar-refractivity contribution >= 4 is 33.2 Å². The second kappa shape index (κ2) is 13.7. The van der Waals surface area contributed by atoms with Crippen LogP contribution in [0.5, 0.6) is 5.75 Å². The lowest BCUT2D eigenvalue weighted by atomic mass is 9.68. The van der Waals surface area contributed by atoms with Crippen LogP contribution in [0.3, 0.4) is 0 Å². The number of nitrogens with zero attached hydrogens (tertiary/aromatic N) is 1. The smallest absolute Gasteiger partial charge is 0.264 e. The standard InChI is InChI=1S/C37H47ClN2O6S/c1-2-30-9-3-4-10-34(45-22-29-8-6-18-44-29)31-14-11-27(31)21-40-23-37(17-5-7-25-19-28(38)13-15-32(25)37)24-46-35-16-12-26(20-33(35)40)36(41)39-47(30,42)43/h4,10,12-13,15-16,19-20,27,29-31,34H,2-3,5-9,11,14,17-18,21-24H2,1H3,(H,39,41)/b10-4+/t27-,29-,30+,31+,34-,37-/m0/s1. The minimum atomic E-state index is -3.88. The number of ether oxygens (including phenoxy) is 3. The van der Waals surface area contributed by atoms with Gasteiger partial charge >= 0.3 is 0 Å². The van der Waals surface area contributed by atoms with E-state index in [2.05, 4.69) is 33.9 Å². The number of hydrogen-bond acceptors (Lipinski definition) is 7. The van der Waals surface area contributed by atoms with Gasteiger partial charge in [0.1, 0.15) is 5.75 Å². The van der Waals surface area contributed by atoms with Crippen LogP contribution in [0.15, 0.2) is 48.6 Å². The summed E-state index contributed by atoms with van der Waals surface area (Å²) in [5, 5.41) is 0.0751. The molecule has 3 aliphatic heterocycles. The Labute approximate surface area is 284 Å². The molecule has 3 heterocycles. The number of anilines is 1. The Morgan fingerprint density at radius 2 is 2.00 bits per heavy atom. The summed E-state index contributed by atoms with van der Waals surface area (Å²) >= 11 is 6.45. The van der Waals surface area contributed by atoms with Gasteiger partial charge in [-0.15, -0.1) is 0 Å². The van der Waals surface area contributed by atoms with Crippen molar-refractivity contribution in [3.05, 3.63) is 70.3 Å². The molecule has 2 bridgehead atoms. The first-order valence-corrected chi connectivity index (χ1v) is 19.4. The molecule has 47 heavy (non-hydrogen) atoms. The van der Waals surface area contributed by atoms with Gasteiger partial charge in [0.15, 0.2) is 0 Å². The SMILES string of the molecule is CC[C@@H]1CC/C=C/[C@H](OC[C@@H]2CCCO2)[C@@H]2CC[C@H]2CN2C[C@@]3(CCCc4cc(Cl)ccc43)COc3ccc(cc32)C(=O)NS1(=O)=O. The van der Waals surface area contributed by atoms with Gasteiger partial charge in [-0.05, 0) is 118 Å². The van der Waals surface area contributed by atoms with Gasteiger partial charge in [-0.1, -0.05) is 36.7 Å². The lowest BCUT2D eigenvalue weighted by Gasteiger charge is -2.46. The number of amides is 1. The van der Waals surface area contributed by atoms with Crippen LogP contribution in [-0.4, -0.2) is 64.7 Å². The molecule has 0 aromatic heterocycles. The molecular weight excluding hydrogens is 636 g/mol. The summed E-state index contributed by atoms with van der Waals surface area (Å²) in [7, 11) is -3.88. The summed E-state index contributed by atoms with van der Waals surface area (Å²) in [6, 6.07) is 11.6. The minimum Gasteiger partial charge on any atom is -0.490 e. The first-order valence-electron chi connectivity index (χ1n) is 17.5. The summed E-state index contributed by atoms with van der Waals surface area (Å²) < 4.78 is 48.3. The van der Waals surface area contributed by atoms with Crippen molar-refractivity contribution in [3.8, 4) is 5.75 Å². The predicted octanol–water partition coefficient (Wildman–Crippen LogP) is 6.59. The Hall–Kier alpha value is -2.59. The molecule has 6 atom stereocenters. The van der Waals surface area contributed by atoms with Gasteiger partial charge in [0.05, 0.1) is 36.4 Å². The van der Waals surface area contributed by atoms with Crippen molar-refractivity contribution in [1.82, 2.24) is 4.72 Å². The zero-order valence-electron chi connectivity index (χ0n) is 27.3. The fourth-order valence-electron chi connectivity index (χ4n) is 8.47. The number of allylic oxidation sites excluding steroid dienone is 1. The van der Waals surface area contributed by atoms with E-state index in [0.29, 0.717) is 49.9 Å². The molecule has 5 aliphatic rings. The fourth-order valence-corrected chi connectivity index (χ4v) is 10.1. The highest BCUT2D eigenvalue weighted by Crippen LogP contribution is 2.47. The molecule has 10 heteroatoms. The molecule has 2 aliphatic carbocycles. The molecule has 2 fully saturated rings. The Balaban J connectivity index is 1.26. The average molecular weight is 683 g/mol. The molecule has 7 rings (SSSR count). The maximum absolute atomic E-state index is 13.5. The number of halogens is 1. The molecule has 0 radical (unpaired) electrons. The van der Waals surface area contributed by atoms with E-state index in [1.165, 1.54) is 11.1 Å². The van der Waals surface area contributed by atoms with Crippen LogP contribution in [0.2, 0.25) is 5.02 Å². The third-order valence-corrected chi connectivity index (χ3v) is 13.4. The van der Waals surface area contributed by atoms with Crippen molar-refractivity contribution in [2.75, 3.05) is 37.8 Å². The Morgan fingerprint density at radius 3 is 2.79 bits per heavy atom. The minimum absolute atomic E-state index is 0.0669. The molecule has 1 saturated heterocycles. The van der Waals surface area contributed by atoms with Crippen molar-refractivity contribution in [1.29, 1.82) is 0 Å². The molecule has 0 unspecified atom stereocenters. The van der Waals surface area contributed by atoms with Crippen LogP contribution in [-0.2, 0) is 31.3 Å². The summed E-state index contributed by atoms with van der Waals surface area (Å²) in [5.74, 6) is 0.838. The fraction of sp³-hybridized carbons (Fsp3) is 0.595. The van der Waals surface area contributed by atoms with Gasteiger partial charge in [0.25, 0.3) is 5.91 Å². The van der Waals surface area contributed by atoms with Crippen LogP contribution in [0.4, 0.5) is 5.69 Å². The summed E-state index contributed by atoms with van der Waals surface area (Å²) in [4.78, 5) is 15.9. The number of fused-ring (bicyclic) bond motifs is 4. The largest absolute Gasteiger partial charge is 0.490 e. The molecular formula is C37H47ClN2O6S. The lowest BCUT2D eigenvalue weighted by Crippen LogP contribution is -2.50. The van der Waals surface area contributed by atoms with Gasteiger partial charge < -0.3 is 19.1 Å². The first kappa shape index (κ1) is 32.9. The highest BCUT2D eigenvalue weighted by Gasteiger charge is 2.44. The van der Waals surface area contributed by atoms with Crippen LogP contribution < -0.4 is 14.4 Å². The number of sulfonamides is 1. The van der Waals surface area contributed by atoms with E-state index >= 15 is 0 Å².